The van der Waals surface area contributed by atoms with Crippen LogP contribution in [-0.2, 0) is 4.79 Å². The Labute approximate surface area is 117 Å². The van der Waals surface area contributed by atoms with Crippen LogP contribution in [0.1, 0.15) is 40.0 Å². The Morgan fingerprint density at radius 3 is 2.63 bits per heavy atom. The third-order valence-electron chi connectivity index (χ3n) is 4.95. The van der Waals surface area contributed by atoms with Gasteiger partial charge in [0.25, 0.3) is 0 Å². The normalized spacial score (nSPS) is 35.4. The molecule has 1 aliphatic carbocycles. The van der Waals surface area contributed by atoms with Crippen molar-refractivity contribution in [2.45, 2.75) is 46.1 Å². The fourth-order valence-corrected chi connectivity index (χ4v) is 3.64. The first kappa shape index (κ1) is 14.8. The molecule has 2 rings (SSSR count). The van der Waals surface area contributed by atoms with Gasteiger partial charge in [0.1, 0.15) is 0 Å². The highest BCUT2D eigenvalue weighted by Crippen LogP contribution is 2.44. The van der Waals surface area contributed by atoms with Crippen molar-refractivity contribution in [1.82, 2.24) is 10.2 Å². The summed E-state index contributed by atoms with van der Waals surface area (Å²) in [6, 6.07) is 0.614. The average molecular weight is 267 g/mol. The molecule has 3 N–H and O–H groups in total. The molecule has 1 atom stereocenters. The molecule has 1 heterocycles. The Bertz CT molecular complexity index is 323. The summed E-state index contributed by atoms with van der Waals surface area (Å²) in [4.78, 5) is 14.8. The van der Waals surface area contributed by atoms with Crippen LogP contribution in [0.25, 0.3) is 0 Å². The second kappa shape index (κ2) is 5.80. The van der Waals surface area contributed by atoms with Crippen molar-refractivity contribution in [2.75, 3.05) is 26.2 Å². The predicted molar refractivity (Wildman–Crippen MR) is 77.7 cm³/mol. The summed E-state index contributed by atoms with van der Waals surface area (Å²) < 4.78 is 0. The highest BCUT2D eigenvalue weighted by Gasteiger charge is 2.47. The van der Waals surface area contributed by atoms with Gasteiger partial charge in [0.05, 0.1) is 5.41 Å². The molecular weight excluding hydrogens is 238 g/mol. The van der Waals surface area contributed by atoms with E-state index in [1.54, 1.807) is 0 Å². The van der Waals surface area contributed by atoms with Crippen LogP contribution >= 0.6 is 0 Å². The predicted octanol–water partition coefficient (Wildman–Crippen LogP) is 1.21. The number of hydrogen-bond donors (Lipinski definition) is 2. The van der Waals surface area contributed by atoms with E-state index in [0.29, 0.717) is 24.4 Å². The zero-order chi connectivity index (χ0) is 14.0. The standard InChI is InChI=1S/C15H29N3O/c1-11(2)18-5-4-13(9-18)8-17-14(19)15(10-16)6-12(3)7-15/h11-13H,4-10,16H2,1-3H3,(H,17,19). The molecular formula is C15H29N3O. The highest BCUT2D eigenvalue weighted by atomic mass is 16.2. The maximum atomic E-state index is 12.3. The summed E-state index contributed by atoms with van der Waals surface area (Å²) in [5.41, 5.74) is 5.55. The molecule has 4 heteroatoms. The smallest absolute Gasteiger partial charge is 0.227 e. The van der Waals surface area contributed by atoms with Crippen LogP contribution in [0.3, 0.4) is 0 Å². The van der Waals surface area contributed by atoms with Crippen molar-refractivity contribution in [2.24, 2.45) is 23.0 Å². The number of rotatable bonds is 5. The summed E-state index contributed by atoms with van der Waals surface area (Å²) >= 11 is 0. The lowest BCUT2D eigenvalue weighted by Gasteiger charge is -2.44. The fraction of sp³-hybridized carbons (Fsp3) is 0.933. The molecule has 1 unspecified atom stereocenters. The van der Waals surface area contributed by atoms with Gasteiger partial charge in [-0.15, -0.1) is 0 Å². The molecule has 1 saturated heterocycles. The van der Waals surface area contributed by atoms with Crippen molar-refractivity contribution >= 4 is 5.91 Å². The average Bonchev–Trinajstić information content (AvgIpc) is 2.80. The lowest BCUT2D eigenvalue weighted by atomic mass is 9.62. The van der Waals surface area contributed by atoms with Crippen molar-refractivity contribution in [3.8, 4) is 0 Å². The molecule has 2 aliphatic rings. The van der Waals surface area contributed by atoms with E-state index in [1.807, 2.05) is 0 Å². The molecule has 1 saturated carbocycles. The Kier molecular flexibility index (Phi) is 4.51. The SMILES string of the molecule is CC1CC(CN)(C(=O)NCC2CCN(C(C)C)C2)C1. The summed E-state index contributed by atoms with van der Waals surface area (Å²) in [5, 5.41) is 3.15. The zero-order valence-corrected chi connectivity index (χ0v) is 12.6. The topological polar surface area (TPSA) is 58.4 Å². The molecule has 1 amide bonds. The maximum absolute atomic E-state index is 12.3. The van der Waals surface area contributed by atoms with Gasteiger partial charge in [-0.1, -0.05) is 6.92 Å². The van der Waals surface area contributed by atoms with E-state index in [9.17, 15) is 4.79 Å². The molecule has 2 fully saturated rings. The number of nitrogens with two attached hydrogens (primary N) is 1. The van der Waals surface area contributed by atoms with Crippen LogP contribution < -0.4 is 11.1 Å². The number of carbonyl (C=O) groups excluding carboxylic acids is 1. The Morgan fingerprint density at radius 2 is 2.16 bits per heavy atom. The van der Waals surface area contributed by atoms with Gasteiger partial charge in [-0.2, -0.15) is 0 Å². The van der Waals surface area contributed by atoms with Crippen molar-refractivity contribution in [3.05, 3.63) is 0 Å². The van der Waals surface area contributed by atoms with Crippen LogP contribution in [0.5, 0.6) is 0 Å². The van der Waals surface area contributed by atoms with Gasteiger partial charge >= 0.3 is 0 Å². The number of nitrogens with one attached hydrogen (secondary N) is 1. The van der Waals surface area contributed by atoms with Gasteiger partial charge < -0.3 is 16.0 Å². The molecule has 4 nitrogen and oxygen atoms in total. The third kappa shape index (κ3) is 3.11. The molecule has 0 aromatic carbocycles. The quantitative estimate of drug-likeness (QED) is 0.787. The fourth-order valence-electron chi connectivity index (χ4n) is 3.64. The molecule has 0 bridgehead atoms. The maximum Gasteiger partial charge on any atom is 0.227 e. The van der Waals surface area contributed by atoms with Gasteiger partial charge in [0, 0.05) is 25.7 Å². The van der Waals surface area contributed by atoms with E-state index in [0.717, 1.165) is 32.5 Å². The number of carbonyl (C=O) groups is 1. The minimum Gasteiger partial charge on any atom is -0.355 e. The van der Waals surface area contributed by atoms with E-state index >= 15 is 0 Å². The van der Waals surface area contributed by atoms with E-state index in [2.05, 4.69) is 31.0 Å². The zero-order valence-electron chi connectivity index (χ0n) is 12.6. The molecule has 110 valence electrons. The third-order valence-corrected chi connectivity index (χ3v) is 4.95. The Balaban J connectivity index is 1.75. The monoisotopic (exact) mass is 267 g/mol. The first-order chi connectivity index (χ1) is 8.97. The Morgan fingerprint density at radius 1 is 1.47 bits per heavy atom. The number of hydrogen-bond acceptors (Lipinski definition) is 3. The van der Waals surface area contributed by atoms with Gasteiger partial charge in [-0.25, -0.2) is 0 Å². The molecule has 0 aromatic heterocycles. The lowest BCUT2D eigenvalue weighted by Crippen LogP contribution is -2.54. The van der Waals surface area contributed by atoms with Gasteiger partial charge in [0.2, 0.25) is 5.91 Å². The number of amides is 1. The van der Waals surface area contributed by atoms with Gasteiger partial charge in [0.15, 0.2) is 0 Å². The summed E-state index contributed by atoms with van der Waals surface area (Å²) in [7, 11) is 0. The van der Waals surface area contributed by atoms with Crippen LogP contribution in [-0.4, -0.2) is 43.0 Å². The number of likely N-dealkylation sites (tertiary alicyclic amines) is 1. The second-order valence-electron chi connectivity index (χ2n) is 6.95. The van der Waals surface area contributed by atoms with Crippen LogP contribution in [0.15, 0.2) is 0 Å². The summed E-state index contributed by atoms with van der Waals surface area (Å²) in [5.74, 6) is 1.45. The first-order valence-electron chi connectivity index (χ1n) is 7.69. The van der Waals surface area contributed by atoms with Crippen LogP contribution in [0.4, 0.5) is 0 Å². The molecule has 0 spiro atoms. The molecule has 0 aromatic rings. The van der Waals surface area contributed by atoms with E-state index in [4.69, 9.17) is 5.73 Å². The number of nitrogens with zero attached hydrogens (tertiary/aromatic N) is 1. The van der Waals surface area contributed by atoms with Gasteiger partial charge in [-0.3, -0.25) is 4.79 Å². The van der Waals surface area contributed by atoms with Gasteiger partial charge in [-0.05, 0) is 51.5 Å². The summed E-state index contributed by atoms with van der Waals surface area (Å²) in [6.45, 7) is 10.3. The highest BCUT2D eigenvalue weighted by molar-refractivity contribution is 5.83. The van der Waals surface area contributed by atoms with Crippen LogP contribution in [0.2, 0.25) is 0 Å². The van der Waals surface area contributed by atoms with Crippen LogP contribution in [0, 0.1) is 17.3 Å². The van der Waals surface area contributed by atoms with Crippen molar-refractivity contribution in [3.63, 3.8) is 0 Å². The minimum absolute atomic E-state index is 0.191. The van der Waals surface area contributed by atoms with E-state index in [1.165, 1.54) is 6.42 Å². The Hall–Kier alpha value is -0.610. The lowest BCUT2D eigenvalue weighted by molar-refractivity contribution is -0.138. The van der Waals surface area contributed by atoms with Crippen molar-refractivity contribution in [1.29, 1.82) is 0 Å². The first-order valence-corrected chi connectivity index (χ1v) is 7.69. The molecule has 19 heavy (non-hydrogen) atoms. The van der Waals surface area contributed by atoms with Crippen molar-refractivity contribution < 1.29 is 4.79 Å². The molecule has 1 aliphatic heterocycles. The largest absolute Gasteiger partial charge is 0.355 e. The second-order valence-corrected chi connectivity index (χ2v) is 6.95. The van der Waals surface area contributed by atoms with E-state index in [-0.39, 0.29) is 11.3 Å². The molecule has 0 radical (unpaired) electrons. The van der Waals surface area contributed by atoms with E-state index < -0.39 is 0 Å². The summed E-state index contributed by atoms with van der Waals surface area (Å²) in [6.07, 6.45) is 3.11. The minimum atomic E-state index is -0.254.